The predicted octanol–water partition coefficient (Wildman–Crippen LogP) is 5.94. The maximum atomic E-state index is 9.75. The Kier molecular flexibility index (Phi) is 9.94. The first-order valence-electron chi connectivity index (χ1n) is 11.5. The van der Waals surface area contributed by atoms with Crippen LogP contribution < -0.4 is 0 Å². The van der Waals surface area contributed by atoms with Gasteiger partial charge in [0.15, 0.2) is 6.29 Å². The lowest BCUT2D eigenvalue weighted by atomic mass is 9.70. The third kappa shape index (κ3) is 7.13. The largest absolute Gasteiger partial charge is 0.393 e. The van der Waals surface area contributed by atoms with E-state index in [0.717, 1.165) is 49.5 Å². The minimum Gasteiger partial charge on any atom is -0.393 e. The molecule has 154 valence electrons. The molecule has 0 saturated heterocycles. The van der Waals surface area contributed by atoms with Crippen molar-refractivity contribution in [2.75, 3.05) is 6.61 Å². The summed E-state index contributed by atoms with van der Waals surface area (Å²) in [5.74, 6) is 3.39. The van der Waals surface area contributed by atoms with Gasteiger partial charge in [-0.1, -0.05) is 27.2 Å². The Morgan fingerprint density at radius 3 is 2.08 bits per heavy atom. The summed E-state index contributed by atoms with van der Waals surface area (Å²) in [6.45, 7) is 9.82. The van der Waals surface area contributed by atoms with Crippen LogP contribution in [0.25, 0.3) is 0 Å². The molecule has 3 nitrogen and oxygen atoms in total. The molecule has 2 rings (SSSR count). The number of aliphatic hydroxyl groups is 1. The molecule has 0 aromatic heterocycles. The van der Waals surface area contributed by atoms with E-state index >= 15 is 0 Å². The van der Waals surface area contributed by atoms with Crippen LogP contribution in [0.2, 0.25) is 0 Å². The van der Waals surface area contributed by atoms with Gasteiger partial charge in [-0.2, -0.15) is 0 Å². The topological polar surface area (TPSA) is 38.7 Å². The van der Waals surface area contributed by atoms with E-state index < -0.39 is 0 Å². The summed E-state index contributed by atoms with van der Waals surface area (Å²) in [5.41, 5.74) is 0. The van der Waals surface area contributed by atoms with Crippen LogP contribution in [-0.2, 0) is 9.47 Å². The second-order valence-electron chi connectivity index (χ2n) is 9.06. The van der Waals surface area contributed by atoms with Crippen LogP contribution in [0, 0.1) is 23.7 Å². The van der Waals surface area contributed by atoms with Gasteiger partial charge in [0.1, 0.15) is 0 Å². The third-order valence-corrected chi connectivity index (χ3v) is 7.07. The van der Waals surface area contributed by atoms with E-state index in [4.69, 9.17) is 9.47 Å². The van der Waals surface area contributed by atoms with Crippen LogP contribution in [0.15, 0.2) is 0 Å². The first-order chi connectivity index (χ1) is 12.5. The lowest BCUT2D eigenvalue weighted by Crippen LogP contribution is -2.31. The zero-order valence-corrected chi connectivity index (χ0v) is 17.8. The SMILES string of the molecule is CCCOC(C)OC1CCC(C(CC)CC(C)C2CCC(O)CC2)CC1. The minimum atomic E-state index is -0.0554. The molecule has 2 fully saturated rings. The van der Waals surface area contributed by atoms with Crippen LogP contribution in [0.4, 0.5) is 0 Å². The van der Waals surface area contributed by atoms with Gasteiger partial charge in [0.25, 0.3) is 0 Å². The van der Waals surface area contributed by atoms with Crippen molar-refractivity contribution in [3.63, 3.8) is 0 Å². The zero-order valence-electron chi connectivity index (χ0n) is 17.8. The highest BCUT2D eigenvalue weighted by Gasteiger charge is 2.31. The molecule has 0 spiro atoms. The molecule has 3 unspecified atom stereocenters. The van der Waals surface area contributed by atoms with Crippen LogP contribution >= 0.6 is 0 Å². The Morgan fingerprint density at radius 2 is 1.50 bits per heavy atom. The normalized spacial score (nSPS) is 33.6. The van der Waals surface area contributed by atoms with Crippen molar-refractivity contribution in [1.82, 2.24) is 0 Å². The average molecular weight is 369 g/mol. The summed E-state index contributed by atoms with van der Waals surface area (Å²) in [5, 5.41) is 9.75. The van der Waals surface area contributed by atoms with Gasteiger partial charge in [-0.05, 0) is 94.8 Å². The van der Waals surface area contributed by atoms with Crippen molar-refractivity contribution >= 4 is 0 Å². The lowest BCUT2D eigenvalue weighted by molar-refractivity contribution is -0.169. The highest BCUT2D eigenvalue weighted by Crippen LogP contribution is 2.40. The van der Waals surface area contributed by atoms with Crippen LogP contribution in [0.3, 0.4) is 0 Å². The molecule has 0 radical (unpaired) electrons. The number of ether oxygens (including phenoxy) is 2. The number of aliphatic hydroxyl groups excluding tert-OH is 1. The Balaban J connectivity index is 1.72. The summed E-state index contributed by atoms with van der Waals surface area (Å²) < 4.78 is 11.8. The maximum Gasteiger partial charge on any atom is 0.155 e. The summed E-state index contributed by atoms with van der Waals surface area (Å²) in [6, 6.07) is 0. The zero-order chi connectivity index (χ0) is 18.9. The van der Waals surface area contributed by atoms with Crippen LogP contribution in [-0.4, -0.2) is 30.2 Å². The predicted molar refractivity (Wildman–Crippen MR) is 108 cm³/mol. The van der Waals surface area contributed by atoms with Gasteiger partial charge in [0, 0.05) is 6.61 Å². The summed E-state index contributed by atoms with van der Waals surface area (Å²) in [6.07, 6.45) is 13.6. The molecule has 0 aromatic rings. The smallest absolute Gasteiger partial charge is 0.155 e. The molecule has 2 saturated carbocycles. The molecule has 0 heterocycles. The number of hydrogen-bond donors (Lipinski definition) is 1. The van der Waals surface area contributed by atoms with Gasteiger partial charge in [-0.25, -0.2) is 0 Å². The van der Waals surface area contributed by atoms with Gasteiger partial charge in [-0.15, -0.1) is 0 Å². The third-order valence-electron chi connectivity index (χ3n) is 7.07. The summed E-state index contributed by atoms with van der Waals surface area (Å²) >= 11 is 0. The van der Waals surface area contributed by atoms with Crippen molar-refractivity contribution in [3.8, 4) is 0 Å². The second kappa shape index (κ2) is 11.7. The molecule has 0 amide bonds. The van der Waals surface area contributed by atoms with Gasteiger partial charge < -0.3 is 14.6 Å². The Morgan fingerprint density at radius 1 is 0.885 bits per heavy atom. The molecule has 0 aliphatic heterocycles. The number of hydrogen-bond acceptors (Lipinski definition) is 3. The van der Waals surface area contributed by atoms with Crippen molar-refractivity contribution in [2.45, 2.75) is 117 Å². The molecule has 1 N–H and O–H groups in total. The fraction of sp³-hybridized carbons (Fsp3) is 1.00. The average Bonchev–Trinajstić information content (AvgIpc) is 2.65. The molecule has 2 aliphatic carbocycles. The number of rotatable bonds is 10. The molecule has 0 aromatic carbocycles. The molecular formula is C23H44O3. The monoisotopic (exact) mass is 368 g/mol. The fourth-order valence-electron chi connectivity index (χ4n) is 5.32. The van der Waals surface area contributed by atoms with E-state index in [1.807, 2.05) is 6.92 Å². The van der Waals surface area contributed by atoms with Crippen molar-refractivity contribution < 1.29 is 14.6 Å². The Hall–Kier alpha value is -0.120. The fourth-order valence-corrected chi connectivity index (χ4v) is 5.32. The van der Waals surface area contributed by atoms with Crippen molar-refractivity contribution in [1.29, 1.82) is 0 Å². The van der Waals surface area contributed by atoms with E-state index in [-0.39, 0.29) is 12.4 Å². The highest BCUT2D eigenvalue weighted by molar-refractivity contribution is 4.82. The van der Waals surface area contributed by atoms with E-state index in [1.54, 1.807) is 0 Å². The minimum absolute atomic E-state index is 0.0283. The van der Waals surface area contributed by atoms with Crippen molar-refractivity contribution in [3.05, 3.63) is 0 Å². The summed E-state index contributed by atoms with van der Waals surface area (Å²) in [7, 11) is 0. The molecule has 0 bridgehead atoms. The van der Waals surface area contributed by atoms with Gasteiger partial charge >= 0.3 is 0 Å². The molecule has 3 heteroatoms. The molecule has 26 heavy (non-hydrogen) atoms. The van der Waals surface area contributed by atoms with Crippen LogP contribution in [0.1, 0.15) is 98.3 Å². The Bertz CT molecular complexity index is 356. The lowest BCUT2D eigenvalue weighted by Gasteiger charge is -2.37. The van der Waals surface area contributed by atoms with Gasteiger partial charge in [0.2, 0.25) is 0 Å². The van der Waals surface area contributed by atoms with Gasteiger partial charge in [-0.3, -0.25) is 0 Å². The van der Waals surface area contributed by atoms with Gasteiger partial charge in [0.05, 0.1) is 12.2 Å². The quantitative estimate of drug-likeness (QED) is 0.485. The molecule has 3 atom stereocenters. The molecular weight excluding hydrogens is 324 g/mol. The van der Waals surface area contributed by atoms with E-state index in [2.05, 4.69) is 20.8 Å². The first-order valence-corrected chi connectivity index (χ1v) is 11.5. The van der Waals surface area contributed by atoms with E-state index in [9.17, 15) is 5.11 Å². The van der Waals surface area contributed by atoms with E-state index in [1.165, 1.54) is 51.4 Å². The second-order valence-corrected chi connectivity index (χ2v) is 9.06. The maximum absolute atomic E-state index is 9.75. The molecule has 2 aliphatic rings. The summed E-state index contributed by atoms with van der Waals surface area (Å²) in [4.78, 5) is 0. The Labute approximate surface area is 162 Å². The van der Waals surface area contributed by atoms with E-state index in [0.29, 0.717) is 6.10 Å². The van der Waals surface area contributed by atoms with Crippen LogP contribution in [0.5, 0.6) is 0 Å². The first kappa shape index (κ1) is 22.2. The highest BCUT2D eigenvalue weighted by atomic mass is 16.7. The van der Waals surface area contributed by atoms with Crippen molar-refractivity contribution in [2.24, 2.45) is 23.7 Å². The standard InChI is InChI=1S/C23H44O3/c1-5-15-25-18(4)26-23-13-9-21(10-14-23)19(6-2)16-17(3)20-7-11-22(24)12-8-20/h17-24H,5-16H2,1-4H3.